The van der Waals surface area contributed by atoms with Gasteiger partial charge in [0.05, 0.1) is 5.25 Å². The Morgan fingerprint density at radius 1 is 1.53 bits per heavy atom. The van der Waals surface area contributed by atoms with Crippen molar-refractivity contribution >= 4 is 23.4 Å². The molecule has 1 unspecified atom stereocenters. The van der Waals surface area contributed by atoms with Crippen LogP contribution in [0, 0.1) is 6.92 Å². The molecule has 1 aromatic carbocycles. The highest BCUT2D eigenvalue weighted by Gasteiger charge is 2.14. The van der Waals surface area contributed by atoms with Crippen LogP contribution in [0.1, 0.15) is 12.5 Å². The summed E-state index contributed by atoms with van der Waals surface area (Å²) in [6, 6.07) is 5.65. The molecule has 1 rings (SSSR count). The molecular weight excluding hydrogens is 210 g/mol. The Morgan fingerprint density at radius 2 is 2.20 bits per heavy atom. The number of thioether (sulfide) groups is 1. The van der Waals surface area contributed by atoms with Gasteiger partial charge in [0.2, 0.25) is 5.91 Å². The van der Waals surface area contributed by atoms with Gasteiger partial charge in [-0.05, 0) is 31.5 Å². The highest BCUT2D eigenvalue weighted by Crippen LogP contribution is 2.29. The molecule has 0 saturated heterocycles. The zero-order chi connectivity index (χ0) is 11.4. The van der Waals surface area contributed by atoms with Crippen LogP contribution in [0.25, 0.3) is 0 Å². The van der Waals surface area contributed by atoms with Crippen molar-refractivity contribution in [2.45, 2.75) is 24.0 Å². The number of carbonyl (C=O) groups is 1. The Balaban J connectivity index is 2.81. The maximum absolute atomic E-state index is 11.2. The van der Waals surface area contributed by atoms with Gasteiger partial charge in [0.1, 0.15) is 0 Å². The Labute approximate surface area is 93.4 Å². The van der Waals surface area contributed by atoms with Crippen LogP contribution >= 0.6 is 11.8 Å². The lowest BCUT2D eigenvalue weighted by atomic mass is 10.2. The number of benzene rings is 1. The molecule has 1 aromatic rings. The first kappa shape index (κ1) is 11.9. The molecule has 0 aliphatic rings. The van der Waals surface area contributed by atoms with Crippen molar-refractivity contribution in [1.29, 1.82) is 0 Å². The van der Waals surface area contributed by atoms with Crippen LogP contribution in [-0.4, -0.2) is 11.2 Å². The normalized spacial score (nSPS) is 12.2. The van der Waals surface area contributed by atoms with E-state index in [0.717, 1.165) is 16.1 Å². The molecule has 0 aliphatic heterocycles. The number of hydrogen-bond donors (Lipinski definition) is 3. The van der Waals surface area contributed by atoms with Gasteiger partial charge in [-0.25, -0.2) is 5.84 Å². The minimum Gasteiger partial charge on any atom is -0.398 e. The van der Waals surface area contributed by atoms with Crippen molar-refractivity contribution in [3.05, 3.63) is 23.8 Å². The van der Waals surface area contributed by atoms with Crippen LogP contribution in [0.4, 0.5) is 5.69 Å². The Hall–Kier alpha value is -1.20. The number of hydrazine groups is 1. The highest BCUT2D eigenvalue weighted by atomic mass is 32.2. The smallest absolute Gasteiger partial charge is 0.247 e. The second-order valence-electron chi connectivity index (χ2n) is 3.24. The third-order valence-corrected chi connectivity index (χ3v) is 3.41. The summed E-state index contributed by atoms with van der Waals surface area (Å²) in [5.74, 6) is 4.86. The topological polar surface area (TPSA) is 81.1 Å². The first-order chi connectivity index (χ1) is 7.06. The number of rotatable bonds is 3. The number of hydrogen-bond acceptors (Lipinski definition) is 4. The third-order valence-electron chi connectivity index (χ3n) is 2.14. The highest BCUT2D eigenvalue weighted by molar-refractivity contribution is 8.00. The lowest BCUT2D eigenvalue weighted by Gasteiger charge is -2.12. The van der Waals surface area contributed by atoms with E-state index in [4.69, 9.17) is 11.6 Å². The predicted octanol–water partition coefficient (Wildman–Crippen LogP) is 1.05. The Morgan fingerprint density at radius 3 is 2.80 bits per heavy atom. The lowest BCUT2D eigenvalue weighted by molar-refractivity contribution is -0.120. The minimum absolute atomic E-state index is 0.193. The molecule has 0 heterocycles. The van der Waals surface area contributed by atoms with E-state index in [0.29, 0.717) is 0 Å². The van der Waals surface area contributed by atoms with Gasteiger partial charge in [-0.2, -0.15) is 0 Å². The fourth-order valence-corrected chi connectivity index (χ4v) is 2.13. The molecule has 0 spiro atoms. The quantitative estimate of drug-likeness (QED) is 0.236. The van der Waals surface area contributed by atoms with E-state index in [1.54, 1.807) is 6.92 Å². The number of nitrogens with one attached hydrogen (secondary N) is 1. The molecular formula is C10H15N3OS. The number of amides is 1. The first-order valence-electron chi connectivity index (χ1n) is 4.58. The molecule has 0 aliphatic carbocycles. The summed E-state index contributed by atoms with van der Waals surface area (Å²) in [4.78, 5) is 12.2. The van der Waals surface area contributed by atoms with Crippen molar-refractivity contribution in [3.63, 3.8) is 0 Å². The third kappa shape index (κ3) is 2.87. The minimum atomic E-state index is -0.226. The first-order valence-corrected chi connectivity index (χ1v) is 5.46. The summed E-state index contributed by atoms with van der Waals surface area (Å²) in [5.41, 5.74) is 9.63. The molecule has 0 radical (unpaired) electrons. The average Bonchev–Trinajstić information content (AvgIpc) is 2.23. The second-order valence-corrected chi connectivity index (χ2v) is 4.62. The van der Waals surface area contributed by atoms with Crippen LogP contribution in [-0.2, 0) is 4.79 Å². The summed E-state index contributed by atoms with van der Waals surface area (Å²) in [6.07, 6.45) is 0. The molecule has 5 N–H and O–H groups in total. The molecule has 1 atom stereocenters. The SMILES string of the molecule is Cc1c(N)cccc1SC(C)C(=O)NN. The maximum atomic E-state index is 11.2. The molecule has 15 heavy (non-hydrogen) atoms. The van der Waals surface area contributed by atoms with Gasteiger partial charge in [0.25, 0.3) is 0 Å². The van der Waals surface area contributed by atoms with Crippen molar-refractivity contribution in [1.82, 2.24) is 5.43 Å². The fraction of sp³-hybridized carbons (Fsp3) is 0.300. The van der Waals surface area contributed by atoms with Gasteiger partial charge < -0.3 is 5.73 Å². The van der Waals surface area contributed by atoms with Crippen LogP contribution in [0.15, 0.2) is 23.1 Å². The van der Waals surface area contributed by atoms with E-state index in [2.05, 4.69) is 5.43 Å². The second kappa shape index (κ2) is 5.04. The van der Waals surface area contributed by atoms with Crippen molar-refractivity contribution in [2.75, 3.05) is 5.73 Å². The molecule has 0 aromatic heterocycles. The maximum Gasteiger partial charge on any atom is 0.247 e. The molecule has 4 nitrogen and oxygen atoms in total. The lowest BCUT2D eigenvalue weighted by Crippen LogP contribution is -2.36. The van der Waals surface area contributed by atoms with E-state index in [1.807, 2.05) is 25.1 Å². The van der Waals surface area contributed by atoms with Crippen LogP contribution < -0.4 is 17.0 Å². The van der Waals surface area contributed by atoms with Gasteiger partial charge in [-0.3, -0.25) is 10.2 Å². The molecule has 5 heteroatoms. The average molecular weight is 225 g/mol. The number of carbonyl (C=O) groups excluding carboxylic acids is 1. The van der Waals surface area contributed by atoms with Crippen molar-refractivity contribution < 1.29 is 4.79 Å². The number of nitrogen functional groups attached to an aromatic ring is 1. The zero-order valence-corrected chi connectivity index (χ0v) is 9.60. The van der Waals surface area contributed by atoms with Crippen LogP contribution in [0.2, 0.25) is 0 Å². The van der Waals surface area contributed by atoms with Crippen molar-refractivity contribution in [2.24, 2.45) is 5.84 Å². The number of anilines is 1. The number of nitrogens with two attached hydrogens (primary N) is 2. The van der Waals surface area contributed by atoms with Gasteiger partial charge in [0.15, 0.2) is 0 Å². The zero-order valence-electron chi connectivity index (χ0n) is 8.78. The fourth-order valence-electron chi connectivity index (χ4n) is 1.12. The van der Waals surface area contributed by atoms with Gasteiger partial charge in [-0.15, -0.1) is 11.8 Å². The van der Waals surface area contributed by atoms with E-state index in [-0.39, 0.29) is 11.2 Å². The van der Waals surface area contributed by atoms with Gasteiger partial charge >= 0.3 is 0 Å². The molecule has 0 bridgehead atoms. The summed E-state index contributed by atoms with van der Waals surface area (Å²) < 4.78 is 0. The van der Waals surface area contributed by atoms with Crippen LogP contribution in [0.3, 0.4) is 0 Å². The predicted molar refractivity (Wildman–Crippen MR) is 63.2 cm³/mol. The Kier molecular flexibility index (Phi) is 3.99. The molecule has 0 fully saturated rings. The van der Waals surface area contributed by atoms with E-state index < -0.39 is 0 Å². The summed E-state index contributed by atoms with van der Waals surface area (Å²) in [7, 11) is 0. The summed E-state index contributed by atoms with van der Waals surface area (Å²) >= 11 is 1.44. The molecule has 0 saturated carbocycles. The largest absolute Gasteiger partial charge is 0.398 e. The standard InChI is InChI=1S/C10H15N3OS/c1-6-8(11)4-3-5-9(6)15-7(2)10(14)13-12/h3-5,7H,11-12H2,1-2H3,(H,13,14). The van der Waals surface area contributed by atoms with Gasteiger partial charge in [-0.1, -0.05) is 6.07 Å². The van der Waals surface area contributed by atoms with Crippen LogP contribution in [0.5, 0.6) is 0 Å². The van der Waals surface area contributed by atoms with Crippen molar-refractivity contribution in [3.8, 4) is 0 Å². The van der Waals surface area contributed by atoms with E-state index in [9.17, 15) is 4.79 Å². The monoisotopic (exact) mass is 225 g/mol. The van der Waals surface area contributed by atoms with E-state index >= 15 is 0 Å². The summed E-state index contributed by atoms with van der Waals surface area (Å²) in [6.45, 7) is 3.74. The molecule has 1 amide bonds. The Bertz CT molecular complexity index is 368. The van der Waals surface area contributed by atoms with Gasteiger partial charge in [0, 0.05) is 10.6 Å². The van der Waals surface area contributed by atoms with E-state index in [1.165, 1.54) is 11.8 Å². The summed E-state index contributed by atoms with van der Waals surface area (Å²) in [5, 5.41) is -0.226. The molecule has 82 valence electrons.